The van der Waals surface area contributed by atoms with Crippen LogP contribution >= 0.6 is 24.0 Å². The van der Waals surface area contributed by atoms with Gasteiger partial charge >= 0.3 is 0 Å². The second-order valence-electron chi connectivity index (χ2n) is 6.68. The fraction of sp³-hybridized carbons (Fsp3) is 0.429. The molecular formula is C21H31IN4O4. The quantitative estimate of drug-likeness (QED) is 0.214. The monoisotopic (exact) mass is 530 g/mol. The van der Waals surface area contributed by atoms with Crippen LogP contribution in [0.15, 0.2) is 52.1 Å². The Kier molecular flexibility index (Phi) is 11.9. The van der Waals surface area contributed by atoms with Crippen LogP contribution in [0.5, 0.6) is 5.75 Å². The number of carbonyl (C=O) groups excluding carboxylic acids is 1. The fourth-order valence-electron chi connectivity index (χ4n) is 2.50. The highest BCUT2D eigenvalue weighted by atomic mass is 127. The Hall–Kier alpha value is -2.27. The number of guanidine groups is 1. The van der Waals surface area contributed by atoms with Gasteiger partial charge in [-0.05, 0) is 50.6 Å². The molecule has 2 rings (SSSR count). The topological polar surface area (TPSA) is 108 Å². The molecule has 0 fully saturated rings. The van der Waals surface area contributed by atoms with E-state index < -0.39 is 6.10 Å². The molecule has 1 aromatic heterocycles. The van der Waals surface area contributed by atoms with Gasteiger partial charge in [0.25, 0.3) is 0 Å². The lowest BCUT2D eigenvalue weighted by Gasteiger charge is -2.16. The second-order valence-corrected chi connectivity index (χ2v) is 6.68. The molecule has 4 N–H and O–H groups in total. The first-order valence-electron chi connectivity index (χ1n) is 9.74. The van der Waals surface area contributed by atoms with Crippen molar-refractivity contribution in [2.24, 2.45) is 4.99 Å². The van der Waals surface area contributed by atoms with Gasteiger partial charge in [-0.1, -0.05) is 12.1 Å². The Morgan fingerprint density at radius 1 is 1.17 bits per heavy atom. The number of hydrogen-bond acceptors (Lipinski definition) is 5. The summed E-state index contributed by atoms with van der Waals surface area (Å²) in [6.07, 6.45) is 0.936. The Balaban J connectivity index is 0.00000450. The summed E-state index contributed by atoms with van der Waals surface area (Å²) in [5.74, 6) is 1.68. The number of benzene rings is 1. The summed E-state index contributed by atoms with van der Waals surface area (Å²) in [4.78, 5) is 16.2. The molecule has 0 saturated carbocycles. The summed E-state index contributed by atoms with van der Waals surface area (Å²) >= 11 is 0. The first-order chi connectivity index (χ1) is 14.0. The number of aliphatic imine (C=N–C) groups is 1. The second kappa shape index (κ2) is 13.9. The van der Waals surface area contributed by atoms with Crippen LogP contribution in [0.4, 0.5) is 0 Å². The maximum absolute atomic E-state index is 11.9. The van der Waals surface area contributed by atoms with E-state index in [1.165, 1.54) is 0 Å². The van der Waals surface area contributed by atoms with E-state index in [2.05, 4.69) is 20.9 Å². The minimum Gasteiger partial charge on any atom is -0.491 e. The van der Waals surface area contributed by atoms with Crippen molar-refractivity contribution < 1.29 is 19.1 Å². The number of furan rings is 1. The van der Waals surface area contributed by atoms with Crippen LogP contribution in [0.3, 0.4) is 0 Å². The minimum atomic E-state index is -0.722. The van der Waals surface area contributed by atoms with E-state index in [-0.39, 0.29) is 49.1 Å². The molecule has 0 aliphatic heterocycles. The number of halogens is 1. The molecule has 0 spiro atoms. The molecule has 0 bridgehead atoms. The van der Waals surface area contributed by atoms with Gasteiger partial charge in [0.15, 0.2) is 5.96 Å². The number of aliphatic hydroxyl groups is 1. The summed E-state index contributed by atoms with van der Waals surface area (Å²) in [6.45, 7) is 7.03. The lowest BCUT2D eigenvalue weighted by molar-refractivity contribution is -0.119. The highest BCUT2D eigenvalue weighted by Gasteiger charge is 2.10. The molecule has 9 heteroatoms. The Bertz CT molecular complexity index is 764. The van der Waals surface area contributed by atoms with Crippen molar-refractivity contribution in [2.45, 2.75) is 39.5 Å². The molecule has 1 amide bonds. The molecule has 0 aliphatic carbocycles. The van der Waals surface area contributed by atoms with E-state index in [1.54, 1.807) is 18.4 Å². The summed E-state index contributed by atoms with van der Waals surface area (Å²) in [6, 6.07) is 10.9. The fourth-order valence-corrected chi connectivity index (χ4v) is 2.50. The van der Waals surface area contributed by atoms with Crippen LogP contribution in [0.1, 0.15) is 38.2 Å². The van der Waals surface area contributed by atoms with Crippen molar-refractivity contribution in [3.63, 3.8) is 0 Å². The summed E-state index contributed by atoms with van der Waals surface area (Å²) < 4.78 is 10.8. The predicted octanol–water partition coefficient (Wildman–Crippen LogP) is 2.59. The highest BCUT2D eigenvalue weighted by molar-refractivity contribution is 14.0. The number of rotatable bonds is 10. The van der Waals surface area contributed by atoms with Gasteiger partial charge in [-0.2, -0.15) is 0 Å². The van der Waals surface area contributed by atoms with Crippen molar-refractivity contribution in [3.05, 3.63) is 54.0 Å². The van der Waals surface area contributed by atoms with Crippen molar-refractivity contribution in [2.75, 3.05) is 19.6 Å². The number of ether oxygens (including phenoxy) is 1. The molecule has 1 heterocycles. The van der Waals surface area contributed by atoms with Crippen LogP contribution < -0.4 is 20.7 Å². The normalized spacial score (nSPS) is 12.1. The molecule has 0 saturated heterocycles. The number of hydrogen-bond donors (Lipinski definition) is 4. The third-order valence-corrected chi connectivity index (χ3v) is 3.86. The number of aliphatic hydroxyl groups excluding tert-OH is 1. The summed E-state index contributed by atoms with van der Waals surface area (Å²) in [5, 5.41) is 19.2. The number of nitrogens with zero attached hydrogens (tertiary/aromatic N) is 1. The van der Waals surface area contributed by atoms with Gasteiger partial charge in [0.2, 0.25) is 5.91 Å². The van der Waals surface area contributed by atoms with Crippen molar-refractivity contribution in [3.8, 4) is 5.75 Å². The molecule has 1 unspecified atom stereocenters. The van der Waals surface area contributed by atoms with Crippen molar-refractivity contribution >= 4 is 35.8 Å². The molecule has 166 valence electrons. The number of amides is 1. The molecule has 1 aromatic carbocycles. The summed E-state index contributed by atoms with van der Waals surface area (Å²) in [5.41, 5.74) is 0.764. The number of carbonyl (C=O) groups is 1. The molecule has 0 aliphatic rings. The Labute approximate surface area is 194 Å². The van der Waals surface area contributed by atoms with E-state index in [0.717, 1.165) is 11.3 Å². The highest BCUT2D eigenvalue weighted by Crippen LogP contribution is 2.18. The van der Waals surface area contributed by atoms with Crippen LogP contribution in [0.25, 0.3) is 0 Å². The largest absolute Gasteiger partial charge is 0.491 e. The maximum Gasteiger partial charge on any atom is 0.242 e. The third-order valence-electron chi connectivity index (χ3n) is 3.86. The van der Waals surface area contributed by atoms with Crippen LogP contribution in [-0.4, -0.2) is 42.7 Å². The zero-order valence-corrected chi connectivity index (χ0v) is 19.9. The molecule has 0 radical (unpaired) electrons. The molecule has 1 atom stereocenters. The van der Waals surface area contributed by atoms with Crippen molar-refractivity contribution in [1.82, 2.24) is 16.0 Å². The zero-order valence-electron chi connectivity index (χ0n) is 17.6. The average molecular weight is 530 g/mol. The van der Waals surface area contributed by atoms with Gasteiger partial charge in [-0.25, -0.2) is 4.99 Å². The van der Waals surface area contributed by atoms with E-state index >= 15 is 0 Å². The van der Waals surface area contributed by atoms with E-state index in [1.807, 2.05) is 45.0 Å². The predicted molar refractivity (Wildman–Crippen MR) is 127 cm³/mol. The van der Waals surface area contributed by atoms with E-state index in [9.17, 15) is 9.90 Å². The van der Waals surface area contributed by atoms with Crippen molar-refractivity contribution in [1.29, 1.82) is 0 Å². The third kappa shape index (κ3) is 9.49. The van der Waals surface area contributed by atoms with Gasteiger partial charge in [0, 0.05) is 13.1 Å². The average Bonchev–Trinajstić information content (AvgIpc) is 3.22. The molecule has 8 nitrogen and oxygen atoms in total. The summed E-state index contributed by atoms with van der Waals surface area (Å²) in [7, 11) is 0. The standard InChI is InChI=1S/C21H30N4O4.HI/c1-4-22-21(25-14-20(27)23-12-18-6-5-11-28-18)24-13-19(26)16-7-9-17(10-8-16)29-15(2)3;/h5-11,15,19,26H,4,12-14H2,1-3H3,(H,23,27)(H2,22,24,25);1H. The van der Waals surface area contributed by atoms with Crippen LogP contribution in [-0.2, 0) is 11.3 Å². The van der Waals surface area contributed by atoms with Gasteiger partial charge in [0.1, 0.15) is 18.1 Å². The Morgan fingerprint density at radius 2 is 1.90 bits per heavy atom. The lowest BCUT2D eigenvalue weighted by Crippen LogP contribution is -2.40. The lowest BCUT2D eigenvalue weighted by atomic mass is 10.1. The van der Waals surface area contributed by atoms with E-state index in [0.29, 0.717) is 24.8 Å². The molecule has 2 aromatic rings. The zero-order chi connectivity index (χ0) is 21.1. The first kappa shape index (κ1) is 25.8. The van der Waals surface area contributed by atoms with Crippen LogP contribution in [0.2, 0.25) is 0 Å². The van der Waals surface area contributed by atoms with Gasteiger partial charge < -0.3 is 30.2 Å². The van der Waals surface area contributed by atoms with Gasteiger partial charge in [-0.3, -0.25) is 4.79 Å². The van der Waals surface area contributed by atoms with Gasteiger partial charge in [-0.15, -0.1) is 24.0 Å². The van der Waals surface area contributed by atoms with Gasteiger partial charge in [0.05, 0.1) is 25.0 Å². The van der Waals surface area contributed by atoms with Crippen LogP contribution in [0, 0.1) is 0 Å². The first-order valence-corrected chi connectivity index (χ1v) is 9.74. The molecule has 30 heavy (non-hydrogen) atoms. The minimum absolute atomic E-state index is 0. The maximum atomic E-state index is 11.9. The SMILES string of the molecule is CCNC(=NCC(=O)NCc1ccco1)NCC(O)c1ccc(OC(C)C)cc1.I. The number of nitrogens with one attached hydrogen (secondary N) is 3. The molecular weight excluding hydrogens is 499 g/mol. The smallest absolute Gasteiger partial charge is 0.242 e. The Morgan fingerprint density at radius 3 is 2.50 bits per heavy atom. The van der Waals surface area contributed by atoms with E-state index in [4.69, 9.17) is 9.15 Å².